The second kappa shape index (κ2) is 4.89. The number of hydrogen-bond acceptors (Lipinski definition) is 6. The predicted octanol–water partition coefficient (Wildman–Crippen LogP) is 1.38. The first-order valence-corrected chi connectivity index (χ1v) is 7.60. The van der Waals surface area contributed by atoms with Crippen molar-refractivity contribution in [1.29, 1.82) is 0 Å². The summed E-state index contributed by atoms with van der Waals surface area (Å²) in [6.45, 7) is 8.13. The Morgan fingerprint density at radius 1 is 1.40 bits per heavy atom. The summed E-state index contributed by atoms with van der Waals surface area (Å²) in [5.41, 5.74) is -0.343. The molecule has 0 saturated heterocycles. The van der Waals surface area contributed by atoms with Crippen molar-refractivity contribution in [1.82, 2.24) is 19.9 Å². The molecule has 0 fully saturated rings. The summed E-state index contributed by atoms with van der Waals surface area (Å²) in [5, 5.41) is 7.54. The lowest BCUT2D eigenvalue weighted by atomic mass is 9.97. The maximum absolute atomic E-state index is 12.1. The van der Waals surface area contributed by atoms with Crippen LogP contribution < -0.4 is 4.72 Å². The zero-order chi connectivity index (χ0) is 15.0. The second-order valence-corrected chi connectivity index (χ2v) is 6.99. The fourth-order valence-electron chi connectivity index (χ4n) is 1.40. The van der Waals surface area contributed by atoms with E-state index in [9.17, 15) is 8.42 Å². The average Bonchev–Trinajstić information content (AvgIpc) is 2.95. The van der Waals surface area contributed by atoms with Gasteiger partial charge in [-0.2, -0.15) is 10.1 Å². The molecule has 0 radical (unpaired) electrons. The molecule has 110 valence electrons. The van der Waals surface area contributed by atoms with Crippen LogP contribution in [0.5, 0.6) is 0 Å². The monoisotopic (exact) mass is 299 g/mol. The van der Waals surface area contributed by atoms with Gasteiger partial charge in [0.2, 0.25) is 5.89 Å². The van der Waals surface area contributed by atoms with E-state index in [0.29, 0.717) is 12.4 Å². The zero-order valence-electron chi connectivity index (χ0n) is 11.8. The minimum atomic E-state index is -3.75. The maximum atomic E-state index is 12.1. The highest BCUT2D eigenvalue weighted by Crippen LogP contribution is 2.22. The Hall–Kier alpha value is -1.90. The van der Waals surface area contributed by atoms with Crippen LogP contribution in [0.2, 0.25) is 0 Å². The summed E-state index contributed by atoms with van der Waals surface area (Å²) in [4.78, 5) is 4.08. The molecular weight excluding hydrogens is 282 g/mol. The molecule has 2 aromatic rings. The van der Waals surface area contributed by atoms with Crippen molar-refractivity contribution in [3.63, 3.8) is 0 Å². The Kier molecular flexibility index (Phi) is 3.55. The van der Waals surface area contributed by atoms with Gasteiger partial charge < -0.3 is 4.52 Å². The van der Waals surface area contributed by atoms with Crippen LogP contribution in [-0.2, 0) is 22.0 Å². The Balaban J connectivity index is 2.22. The van der Waals surface area contributed by atoms with Crippen LogP contribution in [0.4, 0.5) is 5.95 Å². The van der Waals surface area contributed by atoms with Gasteiger partial charge in [-0.15, -0.1) is 0 Å². The molecule has 0 unspecified atom stereocenters. The second-order valence-electron chi connectivity index (χ2n) is 5.31. The van der Waals surface area contributed by atoms with E-state index in [0.717, 1.165) is 0 Å². The van der Waals surface area contributed by atoms with Crippen LogP contribution in [0.25, 0.3) is 0 Å². The van der Waals surface area contributed by atoms with Gasteiger partial charge >= 0.3 is 0 Å². The zero-order valence-corrected chi connectivity index (χ0v) is 12.6. The number of sulfonamides is 1. The van der Waals surface area contributed by atoms with Crippen LogP contribution in [-0.4, -0.2) is 28.3 Å². The predicted molar refractivity (Wildman–Crippen MR) is 71.7 cm³/mol. The van der Waals surface area contributed by atoms with Gasteiger partial charge in [-0.25, -0.2) is 13.1 Å². The van der Waals surface area contributed by atoms with Crippen LogP contribution in [0.1, 0.15) is 33.6 Å². The Bertz CT molecular complexity index is 696. The molecule has 0 aliphatic rings. The van der Waals surface area contributed by atoms with Gasteiger partial charge in [0.25, 0.3) is 16.0 Å². The van der Waals surface area contributed by atoms with Gasteiger partial charge in [0.05, 0.1) is 6.20 Å². The summed E-state index contributed by atoms with van der Waals surface area (Å²) in [5.74, 6) is 0.277. The van der Waals surface area contributed by atoms with Crippen molar-refractivity contribution in [2.24, 2.45) is 0 Å². The highest BCUT2D eigenvalue weighted by Gasteiger charge is 2.24. The molecule has 0 saturated carbocycles. The molecule has 0 aliphatic heterocycles. The third-order valence-corrected chi connectivity index (χ3v) is 3.82. The number of aromatic nitrogens is 4. The van der Waals surface area contributed by atoms with Crippen LogP contribution in [0.15, 0.2) is 21.8 Å². The summed E-state index contributed by atoms with van der Waals surface area (Å²) in [6, 6.07) is 0. The van der Waals surface area contributed by atoms with Crippen LogP contribution >= 0.6 is 0 Å². The lowest BCUT2D eigenvalue weighted by Crippen LogP contribution is -2.15. The van der Waals surface area contributed by atoms with Gasteiger partial charge in [-0.1, -0.05) is 20.8 Å². The molecule has 2 aromatic heterocycles. The highest BCUT2D eigenvalue weighted by atomic mass is 32.2. The van der Waals surface area contributed by atoms with Crippen molar-refractivity contribution >= 4 is 16.0 Å². The van der Waals surface area contributed by atoms with Crippen molar-refractivity contribution in [2.75, 3.05) is 4.72 Å². The maximum Gasteiger partial charge on any atom is 0.277 e. The van der Waals surface area contributed by atoms with Crippen molar-refractivity contribution < 1.29 is 12.9 Å². The minimum Gasteiger partial charge on any atom is -0.337 e. The van der Waals surface area contributed by atoms with Gasteiger partial charge in [-0.05, 0) is 12.1 Å². The van der Waals surface area contributed by atoms with E-state index < -0.39 is 10.0 Å². The van der Waals surface area contributed by atoms with Crippen molar-refractivity contribution in [2.45, 2.75) is 44.6 Å². The molecule has 2 heterocycles. The highest BCUT2D eigenvalue weighted by molar-refractivity contribution is 7.92. The standard InChI is InChI=1S/C11H17N5O3S/c1-5-16-7-8(6-12-16)20(17,18)15-10-13-9(19-14-10)11(2,3)4/h6-7H,5H2,1-4H3,(H,14,15). The molecule has 0 aromatic carbocycles. The van der Waals surface area contributed by atoms with Crippen LogP contribution in [0, 0.1) is 0 Å². The quantitative estimate of drug-likeness (QED) is 0.915. The number of nitrogens with one attached hydrogen (secondary N) is 1. The first-order chi connectivity index (χ1) is 9.22. The molecule has 0 aliphatic carbocycles. The topological polar surface area (TPSA) is 103 Å². The summed E-state index contributed by atoms with van der Waals surface area (Å²) >= 11 is 0. The minimum absolute atomic E-state index is 0.0569. The number of hydrogen-bond donors (Lipinski definition) is 1. The van der Waals surface area contributed by atoms with E-state index >= 15 is 0 Å². The molecule has 0 atom stereocenters. The summed E-state index contributed by atoms with van der Waals surface area (Å²) in [7, 11) is -3.75. The smallest absolute Gasteiger partial charge is 0.277 e. The lowest BCUT2D eigenvalue weighted by molar-refractivity contribution is 0.321. The molecule has 8 nitrogen and oxygen atoms in total. The third kappa shape index (κ3) is 2.98. The van der Waals surface area contributed by atoms with E-state index in [2.05, 4.69) is 20.0 Å². The van der Waals surface area contributed by atoms with Crippen LogP contribution in [0.3, 0.4) is 0 Å². The van der Waals surface area contributed by atoms with Gasteiger partial charge in [-0.3, -0.25) is 4.68 Å². The molecule has 0 bridgehead atoms. The molecule has 2 rings (SSSR count). The van der Waals surface area contributed by atoms with E-state index in [1.54, 1.807) is 0 Å². The molecular formula is C11H17N5O3S. The number of rotatable bonds is 4. The van der Waals surface area contributed by atoms with Crippen molar-refractivity contribution in [3.8, 4) is 0 Å². The summed E-state index contributed by atoms with van der Waals surface area (Å²) < 4.78 is 33.0. The van der Waals surface area contributed by atoms with Crippen molar-refractivity contribution in [3.05, 3.63) is 18.3 Å². The lowest BCUT2D eigenvalue weighted by Gasteiger charge is -2.10. The van der Waals surface area contributed by atoms with Gasteiger partial charge in [0, 0.05) is 18.2 Å². The molecule has 0 amide bonds. The largest absolute Gasteiger partial charge is 0.337 e. The SMILES string of the molecule is CCn1cc(S(=O)(=O)Nc2noc(C(C)(C)C)n2)cn1. The fourth-order valence-corrected chi connectivity index (χ4v) is 2.29. The molecule has 1 N–H and O–H groups in total. The van der Waals surface area contributed by atoms with E-state index in [1.807, 2.05) is 27.7 Å². The van der Waals surface area contributed by atoms with Gasteiger partial charge in [0.1, 0.15) is 4.90 Å². The third-order valence-electron chi connectivity index (χ3n) is 2.54. The Morgan fingerprint density at radius 3 is 2.60 bits per heavy atom. The Labute approximate surface area is 117 Å². The number of aryl methyl sites for hydroxylation is 1. The molecule has 20 heavy (non-hydrogen) atoms. The molecule has 0 spiro atoms. The number of nitrogens with zero attached hydrogens (tertiary/aromatic N) is 4. The first-order valence-electron chi connectivity index (χ1n) is 6.12. The average molecular weight is 299 g/mol. The molecule has 9 heteroatoms. The van der Waals surface area contributed by atoms with Gasteiger partial charge in [0.15, 0.2) is 0 Å². The summed E-state index contributed by atoms with van der Waals surface area (Å²) in [6.07, 6.45) is 2.71. The van der Waals surface area contributed by atoms with E-state index in [-0.39, 0.29) is 16.3 Å². The Morgan fingerprint density at radius 2 is 2.10 bits per heavy atom. The fraction of sp³-hybridized carbons (Fsp3) is 0.545. The van der Waals surface area contributed by atoms with E-state index in [4.69, 9.17) is 4.52 Å². The normalized spacial score (nSPS) is 12.6. The number of anilines is 1. The van der Waals surface area contributed by atoms with E-state index in [1.165, 1.54) is 17.1 Å². The first kappa shape index (κ1) is 14.5.